The molecule has 0 radical (unpaired) electrons. The predicted molar refractivity (Wildman–Crippen MR) is 124 cm³/mol. The van der Waals surface area contributed by atoms with E-state index in [9.17, 15) is 9.59 Å². The second kappa shape index (κ2) is 8.97. The van der Waals surface area contributed by atoms with Crippen LogP contribution < -0.4 is 19.7 Å². The molecular formula is C22H21BrN2O4S. The van der Waals surface area contributed by atoms with Crippen molar-refractivity contribution in [3.63, 3.8) is 0 Å². The van der Waals surface area contributed by atoms with E-state index in [0.717, 1.165) is 11.1 Å². The normalized spacial score (nSPS) is 15.4. The zero-order valence-electron chi connectivity index (χ0n) is 17.0. The van der Waals surface area contributed by atoms with Crippen LogP contribution in [0.3, 0.4) is 0 Å². The van der Waals surface area contributed by atoms with Crippen molar-refractivity contribution in [2.24, 2.45) is 0 Å². The van der Waals surface area contributed by atoms with Crippen molar-refractivity contribution in [3.05, 3.63) is 57.1 Å². The van der Waals surface area contributed by atoms with Crippen molar-refractivity contribution in [2.45, 2.75) is 20.8 Å². The van der Waals surface area contributed by atoms with E-state index in [1.807, 2.05) is 39.0 Å². The first-order chi connectivity index (χ1) is 14.2. The SMILES string of the molecule is CCOc1cc(Br)c(/C=C2\C(=O)NC(=S)N(c3cc(C)cc(C)c3)C2=O)cc1OC. The molecule has 6 nitrogen and oxygen atoms in total. The second-order valence-electron chi connectivity index (χ2n) is 6.76. The van der Waals surface area contributed by atoms with Gasteiger partial charge in [0.1, 0.15) is 5.57 Å². The third-order valence-electron chi connectivity index (χ3n) is 4.45. The number of rotatable bonds is 5. The fraction of sp³-hybridized carbons (Fsp3) is 0.227. The Morgan fingerprint density at radius 3 is 2.37 bits per heavy atom. The van der Waals surface area contributed by atoms with Crippen LogP contribution in [0.4, 0.5) is 5.69 Å². The van der Waals surface area contributed by atoms with Crippen LogP contribution >= 0.6 is 28.1 Å². The van der Waals surface area contributed by atoms with Gasteiger partial charge in [0.15, 0.2) is 16.6 Å². The number of amides is 2. The predicted octanol–water partition coefficient (Wildman–Crippen LogP) is 4.30. The molecule has 8 heteroatoms. The summed E-state index contributed by atoms with van der Waals surface area (Å²) in [4.78, 5) is 27.2. The van der Waals surface area contributed by atoms with Crippen molar-refractivity contribution in [3.8, 4) is 11.5 Å². The summed E-state index contributed by atoms with van der Waals surface area (Å²) >= 11 is 8.75. The molecule has 0 bridgehead atoms. The highest BCUT2D eigenvalue weighted by atomic mass is 79.9. The smallest absolute Gasteiger partial charge is 0.270 e. The molecule has 2 aromatic rings. The second-order valence-corrected chi connectivity index (χ2v) is 8.00. The number of nitrogens with one attached hydrogen (secondary N) is 1. The third-order valence-corrected chi connectivity index (χ3v) is 5.42. The Morgan fingerprint density at radius 1 is 1.10 bits per heavy atom. The number of methoxy groups -OCH3 is 1. The molecular weight excluding hydrogens is 468 g/mol. The summed E-state index contributed by atoms with van der Waals surface area (Å²) in [5, 5.41) is 2.66. The summed E-state index contributed by atoms with van der Waals surface area (Å²) in [5.74, 6) is 0.0163. The average molecular weight is 489 g/mol. The van der Waals surface area contributed by atoms with Crippen molar-refractivity contribution in [1.29, 1.82) is 0 Å². The number of hydrogen-bond donors (Lipinski definition) is 1. The van der Waals surface area contributed by atoms with E-state index in [4.69, 9.17) is 21.7 Å². The first-order valence-corrected chi connectivity index (χ1v) is 10.4. The summed E-state index contributed by atoms with van der Waals surface area (Å²) in [6, 6.07) is 9.15. The quantitative estimate of drug-likeness (QED) is 0.385. The molecule has 2 aromatic carbocycles. The van der Waals surface area contributed by atoms with Gasteiger partial charge in [-0.1, -0.05) is 22.0 Å². The zero-order valence-corrected chi connectivity index (χ0v) is 19.4. The van der Waals surface area contributed by atoms with Gasteiger partial charge in [0.25, 0.3) is 11.8 Å². The lowest BCUT2D eigenvalue weighted by Crippen LogP contribution is -2.54. The van der Waals surface area contributed by atoms with Gasteiger partial charge in [-0.2, -0.15) is 0 Å². The van der Waals surface area contributed by atoms with Crippen LogP contribution in [0.2, 0.25) is 0 Å². The Balaban J connectivity index is 2.07. The maximum atomic E-state index is 13.2. The van der Waals surface area contributed by atoms with Gasteiger partial charge in [-0.05, 0) is 80.0 Å². The fourth-order valence-electron chi connectivity index (χ4n) is 3.22. The molecule has 156 valence electrons. The van der Waals surface area contributed by atoms with Gasteiger partial charge in [0, 0.05) is 4.47 Å². The number of hydrogen-bond acceptors (Lipinski definition) is 5. The lowest BCUT2D eigenvalue weighted by molar-refractivity contribution is -0.122. The van der Waals surface area contributed by atoms with Crippen molar-refractivity contribution >= 4 is 56.8 Å². The molecule has 1 heterocycles. The number of carbonyl (C=O) groups excluding carboxylic acids is 2. The minimum Gasteiger partial charge on any atom is -0.493 e. The molecule has 1 saturated heterocycles. The molecule has 2 amide bonds. The number of ether oxygens (including phenoxy) is 2. The van der Waals surface area contributed by atoms with E-state index < -0.39 is 11.8 Å². The van der Waals surface area contributed by atoms with E-state index in [1.54, 1.807) is 12.1 Å². The average Bonchev–Trinajstić information content (AvgIpc) is 2.66. The van der Waals surface area contributed by atoms with Gasteiger partial charge in [0.2, 0.25) is 0 Å². The molecule has 0 aliphatic carbocycles. The molecule has 1 N–H and O–H groups in total. The maximum absolute atomic E-state index is 13.2. The Kier molecular flexibility index (Phi) is 6.58. The Labute approximate surface area is 189 Å². The summed E-state index contributed by atoms with van der Waals surface area (Å²) in [7, 11) is 1.53. The van der Waals surface area contributed by atoms with Gasteiger partial charge in [-0.25, -0.2) is 0 Å². The molecule has 0 aromatic heterocycles. The first-order valence-electron chi connectivity index (χ1n) is 9.25. The van der Waals surface area contributed by atoms with Gasteiger partial charge in [-0.3, -0.25) is 19.8 Å². The van der Waals surface area contributed by atoms with Crippen LogP contribution in [0.15, 0.2) is 40.4 Å². The summed E-state index contributed by atoms with van der Waals surface area (Å²) in [6.45, 7) is 6.23. The number of anilines is 1. The van der Waals surface area contributed by atoms with Crippen LogP contribution in [0, 0.1) is 13.8 Å². The number of benzene rings is 2. The van der Waals surface area contributed by atoms with Crippen molar-refractivity contribution < 1.29 is 19.1 Å². The summed E-state index contributed by atoms with van der Waals surface area (Å²) < 4.78 is 11.6. The van der Waals surface area contributed by atoms with Crippen LogP contribution in [-0.4, -0.2) is 30.6 Å². The molecule has 1 fully saturated rings. The van der Waals surface area contributed by atoms with E-state index in [2.05, 4.69) is 21.2 Å². The van der Waals surface area contributed by atoms with Crippen molar-refractivity contribution in [2.75, 3.05) is 18.6 Å². The van der Waals surface area contributed by atoms with Gasteiger partial charge < -0.3 is 9.47 Å². The highest BCUT2D eigenvalue weighted by Gasteiger charge is 2.34. The first kappa shape index (κ1) is 22.0. The Morgan fingerprint density at radius 2 is 1.77 bits per heavy atom. The number of halogens is 1. The highest BCUT2D eigenvalue weighted by molar-refractivity contribution is 9.10. The van der Waals surface area contributed by atoms with Crippen LogP contribution in [-0.2, 0) is 9.59 Å². The molecule has 1 aliphatic heterocycles. The zero-order chi connectivity index (χ0) is 22.0. The molecule has 0 atom stereocenters. The maximum Gasteiger partial charge on any atom is 0.270 e. The van der Waals surface area contributed by atoms with E-state index in [-0.39, 0.29) is 10.7 Å². The molecule has 3 rings (SSSR count). The highest BCUT2D eigenvalue weighted by Crippen LogP contribution is 2.35. The van der Waals surface area contributed by atoms with Crippen LogP contribution in [0.1, 0.15) is 23.6 Å². The lowest BCUT2D eigenvalue weighted by Gasteiger charge is -2.29. The van der Waals surface area contributed by atoms with Gasteiger partial charge >= 0.3 is 0 Å². The monoisotopic (exact) mass is 488 g/mol. The standard InChI is InChI=1S/C22H21BrN2O4S/c1-5-29-19-11-17(23)14(10-18(19)28-4)9-16-20(26)24-22(30)25(21(16)27)15-7-12(2)6-13(3)8-15/h6-11H,5H2,1-4H3,(H,24,26,30)/b16-9+. The van der Waals surface area contributed by atoms with Gasteiger partial charge in [-0.15, -0.1) is 0 Å². The van der Waals surface area contributed by atoms with Gasteiger partial charge in [0.05, 0.1) is 19.4 Å². The lowest BCUT2D eigenvalue weighted by atomic mass is 10.1. The fourth-order valence-corrected chi connectivity index (χ4v) is 3.93. The van der Waals surface area contributed by atoms with Crippen LogP contribution in [0.25, 0.3) is 6.08 Å². The molecule has 30 heavy (non-hydrogen) atoms. The summed E-state index contributed by atoms with van der Waals surface area (Å²) in [6.07, 6.45) is 1.51. The largest absolute Gasteiger partial charge is 0.493 e. The molecule has 0 unspecified atom stereocenters. The Hall–Kier alpha value is -2.71. The van der Waals surface area contributed by atoms with E-state index >= 15 is 0 Å². The van der Waals surface area contributed by atoms with E-state index in [1.165, 1.54) is 18.1 Å². The molecule has 1 aliphatic rings. The Bertz CT molecular complexity index is 1060. The number of thiocarbonyl (C=S) groups is 1. The minimum absolute atomic E-state index is 0.0327. The molecule has 0 spiro atoms. The topological polar surface area (TPSA) is 67.9 Å². The third kappa shape index (κ3) is 4.39. The summed E-state index contributed by atoms with van der Waals surface area (Å²) in [5.41, 5.74) is 3.15. The molecule has 0 saturated carbocycles. The van der Waals surface area contributed by atoms with Crippen LogP contribution in [0.5, 0.6) is 11.5 Å². The number of carbonyl (C=O) groups is 2. The minimum atomic E-state index is -0.551. The van der Waals surface area contributed by atoms with Crippen molar-refractivity contribution in [1.82, 2.24) is 5.32 Å². The number of nitrogens with zero attached hydrogens (tertiary/aromatic N) is 1. The van der Waals surface area contributed by atoms with E-state index in [0.29, 0.717) is 33.8 Å². The number of aryl methyl sites for hydroxylation is 2.